The van der Waals surface area contributed by atoms with Gasteiger partial charge in [-0.3, -0.25) is 4.79 Å². The van der Waals surface area contributed by atoms with E-state index in [0.29, 0.717) is 12.1 Å². The summed E-state index contributed by atoms with van der Waals surface area (Å²) in [7, 11) is 0. The van der Waals surface area contributed by atoms with Crippen molar-refractivity contribution < 1.29 is 4.79 Å². The van der Waals surface area contributed by atoms with Gasteiger partial charge < -0.3 is 11.1 Å². The number of benzene rings is 2. The average molecular weight is 351 g/mol. The fourth-order valence-electron chi connectivity index (χ4n) is 1.99. The minimum Gasteiger partial charge on any atom is -0.399 e. The highest BCUT2D eigenvalue weighted by atomic mass is 35.5. The normalized spacial score (nSPS) is 10.7. The van der Waals surface area contributed by atoms with E-state index < -0.39 is 0 Å². The molecule has 0 fully saturated rings. The molecule has 1 amide bonds. The van der Waals surface area contributed by atoms with Gasteiger partial charge in [-0.05, 0) is 42.0 Å². The van der Waals surface area contributed by atoms with E-state index in [1.54, 1.807) is 12.1 Å². The number of carbonyl (C=O) groups is 1. The molecule has 0 radical (unpaired) electrons. The number of hydrogen-bond acceptors (Lipinski definition) is 3. The first-order chi connectivity index (χ1) is 10.3. The fourth-order valence-corrected chi connectivity index (χ4v) is 2.97. The average Bonchev–Trinajstić information content (AvgIpc) is 2.42. The molecule has 2 aromatic carbocycles. The molecule has 0 atom stereocenters. The Balaban J connectivity index is 0.00000264. The monoisotopic (exact) mass is 350 g/mol. The van der Waals surface area contributed by atoms with E-state index in [1.807, 2.05) is 48.2 Å². The van der Waals surface area contributed by atoms with Crippen molar-refractivity contribution in [1.82, 2.24) is 0 Å². The molecule has 5 heteroatoms. The van der Waals surface area contributed by atoms with E-state index in [4.69, 9.17) is 5.73 Å². The van der Waals surface area contributed by atoms with Crippen molar-refractivity contribution in [3.05, 3.63) is 54.1 Å². The largest absolute Gasteiger partial charge is 0.399 e. The molecule has 0 aliphatic heterocycles. The summed E-state index contributed by atoms with van der Waals surface area (Å²) in [5.41, 5.74) is 8.11. The summed E-state index contributed by atoms with van der Waals surface area (Å²) >= 11 is 1.81. The third-order valence-corrected chi connectivity index (χ3v) is 4.03. The van der Waals surface area contributed by atoms with Gasteiger partial charge in [0.1, 0.15) is 0 Å². The van der Waals surface area contributed by atoms with Crippen LogP contribution in [0.5, 0.6) is 0 Å². The van der Waals surface area contributed by atoms with Gasteiger partial charge in [-0.15, -0.1) is 24.2 Å². The van der Waals surface area contributed by atoms with E-state index in [1.165, 1.54) is 4.90 Å². The van der Waals surface area contributed by atoms with Gasteiger partial charge in [0.2, 0.25) is 5.91 Å². The predicted molar refractivity (Wildman–Crippen MR) is 102 cm³/mol. The Labute approximate surface area is 148 Å². The topological polar surface area (TPSA) is 55.1 Å². The van der Waals surface area contributed by atoms with Gasteiger partial charge in [0.25, 0.3) is 0 Å². The number of halogens is 1. The molecule has 0 aliphatic carbocycles. The molecule has 0 saturated heterocycles. The lowest BCUT2D eigenvalue weighted by atomic mass is 10.1. The van der Waals surface area contributed by atoms with Crippen LogP contribution < -0.4 is 11.1 Å². The number of nitrogen functional groups attached to an aromatic ring is 1. The van der Waals surface area contributed by atoms with Crippen molar-refractivity contribution in [3.8, 4) is 0 Å². The van der Waals surface area contributed by atoms with E-state index in [2.05, 4.69) is 26.1 Å². The summed E-state index contributed by atoms with van der Waals surface area (Å²) < 4.78 is 0.180. The standard InChI is InChI=1S/C18H22N2OS.ClH/c1-18(2,3)22-16-10-8-15(9-11-16)20-17(21)12-13-4-6-14(19)7-5-13;/h4-11H,12,19H2,1-3H3,(H,20,21);1H. The molecule has 0 aliphatic rings. The highest BCUT2D eigenvalue weighted by Crippen LogP contribution is 2.32. The first kappa shape index (κ1) is 19.4. The quantitative estimate of drug-likeness (QED) is 0.617. The molecule has 0 saturated carbocycles. The van der Waals surface area contributed by atoms with Gasteiger partial charge in [0.05, 0.1) is 6.42 Å². The lowest BCUT2D eigenvalue weighted by molar-refractivity contribution is -0.115. The zero-order valence-electron chi connectivity index (χ0n) is 13.6. The fraction of sp³-hybridized carbons (Fsp3) is 0.278. The van der Waals surface area contributed by atoms with Crippen LogP contribution in [-0.2, 0) is 11.2 Å². The number of hydrogen-bond donors (Lipinski definition) is 2. The van der Waals surface area contributed by atoms with E-state index >= 15 is 0 Å². The lowest BCUT2D eigenvalue weighted by Gasteiger charge is -2.17. The molecule has 0 bridgehead atoms. The van der Waals surface area contributed by atoms with E-state index in [9.17, 15) is 4.79 Å². The Hall–Kier alpha value is -1.65. The molecule has 0 aromatic heterocycles. The molecular weight excluding hydrogens is 328 g/mol. The van der Waals surface area contributed by atoms with Crippen LogP contribution in [0.15, 0.2) is 53.4 Å². The minimum absolute atomic E-state index is 0. The molecule has 2 rings (SSSR count). The number of thioether (sulfide) groups is 1. The second-order valence-corrected chi connectivity index (χ2v) is 8.11. The second kappa shape index (κ2) is 8.27. The van der Waals surface area contributed by atoms with Crippen LogP contribution in [0.4, 0.5) is 11.4 Å². The zero-order valence-corrected chi connectivity index (χ0v) is 15.3. The van der Waals surface area contributed by atoms with E-state index in [-0.39, 0.29) is 23.1 Å². The van der Waals surface area contributed by atoms with Gasteiger partial charge in [-0.2, -0.15) is 0 Å². The first-order valence-electron chi connectivity index (χ1n) is 7.25. The molecule has 124 valence electrons. The van der Waals surface area contributed by atoms with Crippen LogP contribution in [0.2, 0.25) is 0 Å². The molecule has 2 aromatic rings. The molecule has 23 heavy (non-hydrogen) atoms. The number of anilines is 2. The van der Waals surface area contributed by atoms with Crippen molar-refractivity contribution in [2.45, 2.75) is 36.8 Å². The van der Waals surface area contributed by atoms with Crippen molar-refractivity contribution in [2.75, 3.05) is 11.1 Å². The maximum atomic E-state index is 12.0. The van der Waals surface area contributed by atoms with Crippen LogP contribution in [0.3, 0.4) is 0 Å². The predicted octanol–water partition coefficient (Wildman–Crippen LogP) is 4.76. The van der Waals surface area contributed by atoms with E-state index in [0.717, 1.165) is 11.3 Å². The van der Waals surface area contributed by atoms with Crippen molar-refractivity contribution in [2.24, 2.45) is 0 Å². The third-order valence-electron chi connectivity index (χ3n) is 2.91. The SMILES string of the molecule is CC(C)(C)Sc1ccc(NC(=O)Cc2ccc(N)cc2)cc1.Cl. The molecule has 3 nitrogen and oxygen atoms in total. The zero-order chi connectivity index (χ0) is 16.2. The molecule has 0 unspecified atom stereocenters. The summed E-state index contributed by atoms with van der Waals surface area (Å²) in [6.07, 6.45) is 0.346. The number of carbonyl (C=O) groups excluding carboxylic acids is 1. The highest BCUT2D eigenvalue weighted by molar-refractivity contribution is 8.00. The molecular formula is C18H23ClN2OS. The van der Waals surface area contributed by atoms with Gasteiger partial charge >= 0.3 is 0 Å². The summed E-state index contributed by atoms with van der Waals surface area (Å²) in [5.74, 6) is -0.0269. The summed E-state index contributed by atoms with van der Waals surface area (Å²) in [5, 5.41) is 2.92. The van der Waals surface area contributed by atoms with Crippen molar-refractivity contribution in [3.63, 3.8) is 0 Å². The number of amides is 1. The number of rotatable bonds is 4. The van der Waals surface area contributed by atoms with Gasteiger partial charge in [-0.25, -0.2) is 0 Å². The molecule has 0 spiro atoms. The van der Waals surface area contributed by atoms with Gasteiger partial charge in [0, 0.05) is 21.0 Å². The van der Waals surface area contributed by atoms with Crippen molar-refractivity contribution in [1.29, 1.82) is 0 Å². The lowest BCUT2D eigenvalue weighted by Crippen LogP contribution is -2.14. The summed E-state index contributed by atoms with van der Waals surface area (Å²) in [4.78, 5) is 13.2. The van der Waals surface area contributed by atoms with Crippen LogP contribution in [0.1, 0.15) is 26.3 Å². The van der Waals surface area contributed by atoms with Crippen LogP contribution >= 0.6 is 24.2 Å². The maximum Gasteiger partial charge on any atom is 0.228 e. The maximum absolute atomic E-state index is 12.0. The smallest absolute Gasteiger partial charge is 0.228 e. The Morgan fingerprint density at radius 1 is 1.04 bits per heavy atom. The Bertz CT molecular complexity index is 634. The van der Waals surface area contributed by atoms with Crippen LogP contribution in [-0.4, -0.2) is 10.7 Å². The molecule has 3 N–H and O–H groups in total. The second-order valence-electron chi connectivity index (χ2n) is 6.21. The first-order valence-corrected chi connectivity index (χ1v) is 8.07. The highest BCUT2D eigenvalue weighted by Gasteiger charge is 2.12. The van der Waals surface area contributed by atoms with Crippen LogP contribution in [0, 0.1) is 0 Å². The van der Waals surface area contributed by atoms with Gasteiger partial charge in [0.15, 0.2) is 0 Å². The van der Waals surface area contributed by atoms with Crippen molar-refractivity contribution >= 4 is 41.5 Å². The van der Waals surface area contributed by atoms with Gasteiger partial charge in [-0.1, -0.05) is 32.9 Å². The van der Waals surface area contributed by atoms with Crippen LogP contribution in [0.25, 0.3) is 0 Å². The number of nitrogens with two attached hydrogens (primary N) is 1. The Morgan fingerprint density at radius 2 is 1.61 bits per heavy atom. The number of nitrogens with one attached hydrogen (secondary N) is 1. The Kier molecular flexibility index (Phi) is 6.98. The minimum atomic E-state index is -0.0269. The summed E-state index contributed by atoms with van der Waals surface area (Å²) in [6, 6.07) is 15.3. The Morgan fingerprint density at radius 3 is 2.13 bits per heavy atom. The third kappa shape index (κ3) is 6.97. The summed E-state index contributed by atoms with van der Waals surface area (Å²) in [6.45, 7) is 6.54. The molecule has 0 heterocycles.